The number of carbonyl (C=O) groups excluding carboxylic acids is 1. The Hall–Kier alpha value is -2.10. The first-order valence-electron chi connectivity index (χ1n) is 8.52. The van der Waals surface area contributed by atoms with Gasteiger partial charge in [0.25, 0.3) is 10.0 Å². The Morgan fingerprint density at radius 3 is 2.74 bits per heavy atom. The quantitative estimate of drug-likeness (QED) is 0.792. The molecule has 1 aromatic heterocycles. The van der Waals surface area contributed by atoms with E-state index < -0.39 is 15.9 Å². The van der Waals surface area contributed by atoms with E-state index in [9.17, 15) is 13.2 Å². The van der Waals surface area contributed by atoms with E-state index in [-0.39, 0.29) is 12.5 Å². The van der Waals surface area contributed by atoms with Crippen molar-refractivity contribution >= 4 is 33.0 Å². The molecule has 3 rings (SSSR count). The smallest absolute Gasteiger partial charge is 0.252 e. The van der Waals surface area contributed by atoms with Crippen molar-refractivity contribution in [3.8, 4) is 11.5 Å². The minimum atomic E-state index is -3.55. The highest BCUT2D eigenvalue weighted by Gasteiger charge is 2.34. The molecule has 2 aromatic rings. The summed E-state index contributed by atoms with van der Waals surface area (Å²) in [5.41, 5.74) is 0.529. The SMILES string of the molecule is COc1ccc(NC(=O)C2CCCN(S(=O)(=O)c3cccs3)C2)c(OC)c1. The van der Waals surface area contributed by atoms with Gasteiger partial charge >= 0.3 is 0 Å². The summed E-state index contributed by atoms with van der Waals surface area (Å²) < 4.78 is 37.6. The van der Waals surface area contributed by atoms with Crippen LogP contribution in [0.5, 0.6) is 11.5 Å². The van der Waals surface area contributed by atoms with E-state index in [1.165, 1.54) is 22.8 Å². The minimum absolute atomic E-state index is 0.171. The van der Waals surface area contributed by atoms with Crippen LogP contribution >= 0.6 is 11.3 Å². The molecular formula is C18H22N2O5S2. The summed E-state index contributed by atoms with van der Waals surface area (Å²) in [6.45, 7) is 0.598. The molecule has 0 saturated carbocycles. The number of ether oxygens (including phenoxy) is 2. The molecule has 1 fully saturated rings. The fraction of sp³-hybridized carbons (Fsp3) is 0.389. The van der Waals surface area contributed by atoms with Gasteiger partial charge in [0.1, 0.15) is 15.7 Å². The number of nitrogens with one attached hydrogen (secondary N) is 1. The number of anilines is 1. The summed E-state index contributed by atoms with van der Waals surface area (Å²) in [7, 11) is -0.482. The predicted octanol–water partition coefficient (Wildman–Crippen LogP) is 2.80. The van der Waals surface area contributed by atoms with E-state index in [4.69, 9.17) is 9.47 Å². The maximum absolute atomic E-state index is 12.7. The van der Waals surface area contributed by atoms with Crippen LogP contribution in [0.2, 0.25) is 0 Å². The van der Waals surface area contributed by atoms with Crippen molar-refractivity contribution in [2.75, 3.05) is 32.6 Å². The summed E-state index contributed by atoms with van der Waals surface area (Å²) in [6, 6.07) is 8.42. The molecule has 1 amide bonds. The first kappa shape index (κ1) is 19.7. The van der Waals surface area contributed by atoms with Gasteiger partial charge in [-0.3, -0.25) is 4.79 Å². The summed E-state index contributed by atoms with van der Waals surface area (Å²) in [6.07, 6.45) is 1.28. The van der Waals surface area contributed by atoms with Gasteiger partial charge in [0.15, 0.2) is 0 Å². The number of sulfonamides is 1. The normalized spacial score (nSPS) is 18.1. The Labute approximate surface area is 163 Å². The zero-order valence-electron chi connectivity index (χ0n) is 15.2. The fourth-order valence-corrected chi connectivity index (χ4v) is 5.72. The monoisotopic (exact) mass is 410 g/mol. The molecule has 1 saturated heterocycles. The summed E-state index contributed by atoms with van der Waals surface area (Å²) >= 11 is 1.19. The van der Waals surface area contributed by atoms with E-state index in [2.05, 4.69) is 5.32 Å². The van der Waals surface area contributed by atoms with Gasteiger partial charge < -0.3 is 14.8 Å². The number of thiophene rings is 1. The van der Waals surface area contributed by atoms with Crippen molar-refractivity contribution in [3.63, 3.8) is 0 Å². The van der Waals surface area contributed by atoms with Gasteiger partial charge in [-0.05, 0) is 36.4 Å². The summed E-state index contributed by atoms with van der Waals surface area (Å²) in [4.78, 5) is 12.7. The Kier molecular flexibility index (Phi) is 6.03. The van der Waals surface area contributed by atoms with Gasteiger partial charge in [-0.1, -0.05) is 6.07 Å². The largest absolute Gasteiger partial charge is 0.497 e. The Morgan fingerprint density at radius 1 is 1.26 bits per heavy atom. The molecule has 9 heteroatoms. The lowest BCUT2D eigenvalue weighted by molar-refractivity contribution is -0.120. The van der Waals surface area contributed by atoms with Gasteiger partial charge in [-0.25, -0.2) is 8.42 Å². The lowest BCUT2D eigenvalue weighted by Crippen LogP contribution is -2.43. The van der Waals surface area contributed by atoms with Gasteiger partial charge in [-0.15, -0.1) is 11.3 Å². The minimum Gasteiger partial charge on any atom is -0.497 e. The average Bonchev–Trinajstić information content (AvgIpc) is 3.24. The van der Waals surface area contributed by atoms with Crippen molar-refractivity contribution in [1.82, 2.24) is 4.31 Å². The number of methoxy groups -OCH3 is 2. The number of rotatable bonds is 6. The third kappa shape index (κ3) is 4.26. The van der Waals surface area contributed by atoms with Gasteiger partial charge in [-0.2, -0.15) is 4.31 Å². The van der Waals surface area contributed by atoms with Crippen LogP contribution in [0.1, 0.15) is 12.8 Å². The molecule has 7 nitrogen and oxygen atoms in total. The topological polar surface area (TPSA) is 84.9 Å². The van der Waals surface area contributed by atoms with Crippen molar-refractivity contribution < 1.29 is 22.7 Å². The highest BCUT2D eigenvalue weighted by Crippen LogP contribution is 2.31. The van der Waals surface area contributed by atoms with Gasteiger partial charge in [0, 0.05) is 19.2 Å². The standard InChI is InChI=1S/C18H22N2O5S2/c1-24-14-7-8-15(16(11-14)25-2)19-18(21)13-5-3-9-20(12-13)27(22,23)17-6-4-10-26-17/h4,6-8,10-11,13H,3,5,9,12H2,1-2H3,(H,19,21). The molecule has 1 aliphatic heterocycles. The predicted molar refractivity (Wildman–Crippen MR) is 104 cm³/mol. The number of amides is 1. The molecule has 1 aromatic carbocycles. The second-order valence-corrected chi connectivity index (χ2v) is 9.30. The maximum Gasteiger partial charge on any atom is 0.252 e. The summed E-state index contributed by atoms with van der Waals surface area (Å²) in [5, 5.41) is 4.58. The Balaban J connectivity index is 1.72. The first-order chi connectivity index (χ1) is 13.0. The third-order valence-corrected chi connectivity index (χ3v) is 7.75. The molecule has 1 aliphatic rings. The second-order valence-electron chi connectivity index (χ2n) is 6.19. The van der Waals surface area contributed by atoms with Crippen LogP contribution in [0.15, 0.2) is 39.9 Å². The molecule has 146 valence electrons. The van der Waals surface area contributed by atoms with Crippen LogP contribution in [0.4, 0.5) is 5.69 Å². The van der Waals surface area contributed by atoms with Crippen LogP contribution in [0.3, 0.4) is 0 Å². The third-order valence-electron chi connectivity index (χ3n) is 4.51. The zero-order valence-corrected chi connectivity index (χ0v) is 16.8. The number of hydrogen-bond acceptors (Lipinski definition) is 6. The molecular weight excluding hydrogens is 388 g/mol. The molecule has 0 aliphatic carbocycles. The van der Waals surface area contributed by atoms with E-state index >= 15 is 0 Å². The first-order valence-corrected chi connectivity index (χ1v) is 10.8. The van der Waals surface area contributed by atoms with E-state index in [1.807, 2.05) is 0 Å². The van der Waals surface area contributed by atoms with Crippen molar-refractivity contribution in [2.24, 2.45) is 5.92 Å². The average molecular weight is 411 g/mol. The van der Waals surface area contributed by atoms with E-state index in [1.54, 1.807) is 42.8 Å². The van der Waals surface area contributed by atoms with Gasteiger partial charge in [0.05, 0.1) is 25.8 Å². The fourth-order valence-electron chi connectivity index (χ4n) is 3.05. The molecule has 1 atom stereocenters. The molecule has 1 unspecified atom stereocenters. The number of hydrogen-bond donors (Lipinski definition) is 1. The van der Waals surface area contributed by atoms with Crippen molar-refractivity contribution in [2.45, 2.75) is 17.1 Å². The van der Waals surface area contributed by atoms with Crippen LogP contribution in [-0.4, -0.2) is 45.9 Å². The van der Waals surface area contributed by atoms with E-state index in [0.29, 0.717) is 40.8 Å². The number of nitrogens with zero attached hydrogens (tertiary/aromatic N) is 1. The molecule has 0 radical (unpaired) electrons. The van der Waals surface area contributed by atoms with Crippen molar-refractivity contribution in [1.29, 1.82) is 0 Å². The second kappa shape index (κ2) is 8.28. The highest BCUT2D eigenvalue weighted by molar-refractivity contribution is 7.91. The van der Waals surface area contributed by atoms with Crippen LogP contribution < -0.4 is 14.8 Å². The molecule has 27 heavy (non-hydrogen) atoms. The highest BCUT2D eigenvalue weighted by atomic mass is 32.2. The maximum atomic E-state index is 12.7. The molecule has 0 spiro atoms. The van der Waals surface area contributed by atoms with E-state index in [0.717, 1.165) is 0 Å². The molecule has 1 N–H and O–H groups in total. The molecule has 0 bridgehead atoms. The zero-order chi connectivity index (χ0) is 19.4. The van der Waals surface area contributed by atoms with Gasteiger partial charge in [0.2, 0.25) is 5.91 Å². The number of carbonyl (C=O) groups is 1. The van der Waals surface area contributed by atoms with Crippen LogP contribution in [0.25, 0.3) is 0 Å². The number of piperidine rings is 1. The number of benzene rings is 1. The molecule has 2 heterocycles. The summed E-state index contributed by atoms with van der Waals surface area (Å²) in [5.74, 6) is 0.474. The lowest BCUT2D eigenvalue weighted by atomic mass is 9.98. The lowest BCUT2D eigenvalue weighted by Gasteiger charge is -2.30. The Morgan fingerprint density at radius 2 is 2.07 bits per heavy atom. The van der Waals surface area contributed by atoms with Crippen LogP contribution in [0, 0.1) is 5.92 Å². The Bertz CT molecular complexity index is 896. The van der Waals surface area contributed by atoms with Crippen LogP contribution in [-0.2, 0) is 14.8 Å². The van der Waals surface area contributed by atoms with Crippen molar-refractivity contribution in [3.05, 3.63) is 35.7 Å².